The van der Waals surface area contributed by atoms with Crippen molar-refractivity contribution in [3.63, 3.8) is 0 Å². The average molecular weight is 637 g/mol. The first-order valence-electron chi connectivity index (χ1n) is 11.8. The van der Waals surface area contributed by atoms with Gasteiger partial charge in [0.25, 0.3) is 10.1 Å². The Hall–Kier alpha value is -1.74. The molecule has 0 saturated carbocycles. The Labute approximate surface area is 240 Å². The van der Waals surface area contributed by atoms with E-state index in [4.69, 9.17) is 10.3 Å². The number of hydrogen-bond acceptors (Lipinski definition) is 4. The van der Waals surface area contributed by atoms with Crippen molar-refractivity contribution in [2.45, 2.75) is 51.9 Å². The molecule has 0 saturated heterocycles. The Morgan fingerprint density at radius 2 is 1.16 bits per heavy atom. The van der Waals surface area contributed by atoms with Crippen molar-refractivity contribution >= 4 is 34.7 Å². The van der Waals surface area contributed by atoms with Crippen molar-refractivity contribution in [1.29, 1.82) is 0 Å². The average Bonchev–Trinajstić information content (AvgIpc) is 2.72. The van der Waals surface area contributed by atoms with Crippen molar-refractivity contribution < 1.29 is 33.4 Å². The number of nitrogens with zero attached hydrogens (tertiary/aromatic N) is 1. The smallest absolute Gasteiger partial charge is 0.261 e. The van der Waals surface area contributed by atoms with Gasteiger partial charge in [-0.2, -0.15) is 8.42 Å². The van der Waals surface area contributed by atoms with Crippen LogP contribution in [-0.2, 0) is 30.5 Å². The number of nitrogen functional groups attached to an aromatic ring is 1. The molecule has 8 heteroatoms. The summed E-state index contributed by atoms with van der Waals surface area (Å²) < 4.78 is 25.9. The molecular weight excluding hydrogens is 594 g/mol. The quantitative estimate of drug-likeness (QED) is 0.142. The molecule has 0 aliphatic carbocycles. The van der Waals surface area contributed by atoms with E-state index < -0.39 is 10.1 Å². The molecule has 0 radical (unpaired) electrons. The van der Waals surface area contributed by atoms with E-state index in [0.717, 1.165) is 11.3 Å². The van der Waals surface area contributed by atoms with Crippen molar-refractivity contribution in [3.05, 3.63) is 78.9 Å². The summed E-state index contributed by atoms with van der Waals surface area (Å²) in [5, 5.41) is 2.19. The fraction of sp³-hybridized carbons (Fsp3) is 0.379. The molecule has 5 nitrogen and oxygen atoms in total. The van der Waals surface area contributed by atoms with E-state index in [-0.39, 0.29) is 28.3 Å². The van der Waals surface area contributed by atoms with E-state index in [1.807, 2.05) is 42.5 Å². The first-order valence-corrected chi connectivity index (χ1v) is 15.0. The molecule has 0 aliphatic heterocycles. The molecule has 0 atom stereocenters. The molecule has 0 unspecified atom stereocenters. The van der Waals surface area contributed by atoms with Gasteiger partial charge in [0, 0.05) is 51.5 Å². The molecule has 0 fully saturated rings. The summed E-state index contributed by atoms with van der Waals surface area (Å²) in [7, 11) is 0.323. The maximum atomic E-state index is 9.19. The van der Waals surface area contributed by atoms with Crippen LogP contribution in [0.4, 0.5) is 11.4 Å². The van der Waals surface area contributed by atoms with Gasteiger partial charge in [0.05, 0.1) is 6.26 Å². The Kier molecular flexibility index (Phi) is 14.3. The number of rotatable bonds is 3. The molecule has 0 bridgehead atoms. The largest absolute Gasteiger partial charge is 0.398 e. The van der Waals surface area contributed by atoms with Crippen molar-refractivity contribution in [2.24, 2.45) is 0 Å². The Morgan fingerprint density at radius 1 is 0.757 bits per heavy atom. The molecule has 37 heavy (non-hydrogen) atoms. The third-order valence-electron chi connectivity index (χ3n) is 5.01. The molecule has 0 heterocycles. The van der Waals surface area contributed by atoms with Gasteiger partial charge in [-0.3, -0.25) is 4.55 Å². The van der Waals surface area contributed by atoms with Crippen LogP contribution in [0.1, 0.15) is 41.5 Å². The van der Waals surface area contributed by atoms with E-state index >= 15 is 0 Å². The SMILES string of the molecule is CN(C)c1ccc(P(C(C)(C)C)C(C)(C)C)cc1.CS(=O)(=O)O.Nc1ccccc1-c1ccccc1.[Pd]. The van der Waals surface area contributed by atoms with Crippen LogP contribution in [0.2, 0.25) is 0 Å². The van der Waals surface area contributed by atoms with Crippen LogP contribution >= 0.6 is 7.92 Å². The Bertz CT molecular complexity index is 1150. The summed E-state index contributed by atoms with van der Waals surface area (Å²) in [5.41, 5.74) is 10.2. The number of hydrogen-bond donors (Lipinski definition) is 2. The van der Waals surface area contributed by atoms with E-state index in [2.05, 4.69) is 96.9 Å². The van der Waals surface area contributed by atoms with Gasteiger partial charge < -0.3 is 10.6 Å². The molecule has 3 N–H and O–H groups in total. The van der Waals surface area contributed by atoms with Crippen molar-refractivity contribution in [2.75, 3.05) is 31.0 Å². The first-order chi connectivity index (χ1) is 16.4. The van der Waals surface area contributed by atoms with Gasteiger partial charge in [-0.05, 0) is 39.4 Å². The van der Waals surface area contributed by atoms with Crippen LogP contribution in [-0.4, -0.2) is 43.6 Å². The Morgan fingerprint density at radius 3 is 1.54 bits per heavy atom. The minimum absolute atomic E-state index is 0. The van der Waals surface area contributed by atoms with E-state index in [0.29, 0.717) is 16.6 Å². The summed E-state index contributed by atoms with van der Waals surface area (Å²) in [6.07, 6.45) is 0.715. The van der Waals surface area contributed by atoms with Gasteiger partial charge in [-0.15, -0.1) is 0 Å². The van der Waals surface area contributed by atoms with E-state index in [9.17, 15) is 8.42 Å². The third kappa shape index (κ3) is 13.6. The topological polar surface area (TPSA) is 83.6 Å². The number of anilines is 2. The van der Waals surface area contributed by atoms with Crippen LogP contribution in [0.3, 0.4) is 0 Å². The molecule has 208 valence electrons. The first kappa shape index (κ1) is 35.3. The molecule has 3 aromatic carbocycles. The molecular formula is C29H43N2O3PPdS. The van der Waals surface area contributed by atoms with Crippen molar-refractivity contribution in [3.8, 4) is 11.1 Å². The van der Waals surface area contributed by atoms with Crippen LogP contribution in [0, 0.1) is 0 Å². The van der Waals surface area contributed by atoms with Gasteiger partial charge in [0.2, 0.25) is 0 Å². The molecule has 3 rings (SSSR count). The molecule has 0 amide bonds. The molecule has 0 aromatic heterocycles. The predicted octanol–water partition coefficient (Wildman–Crippen LogP) is 6.89. The number of benzene rings is 3. The monoisotopic (exact) mass is 636 g/mol. The summed E-state index contributed by atoms with van der Waals surface area (Å²) in [4.78, 5) is 2.15. The van der Waals surface area contributed by atoms with Crippen LogP contribution in [0.15, 0.2) is 78.9 Å². The predicted molar refractivity (Wildman–Crippen MR) is 161 cm³/mol. The zero-order chi connectivity index (χ0) is 27.7. The van der Waals surface area contributed by atoms with Gasteiger partial charge in [-0.1, -0.05) is 110 Å². The zero-order valence-electron chi connectivity index (χ0n) is 23.5. The summed E-state index contributed by atoms with van der Waals surface area (Å²) >= 11 is 0. The minimum Gasteiger partial charge on any atom is -0.398 e. The molecule has 3 aromatic rings. The van der Waals surface area contributed by atoms with Gasteiger partial charge >= 0.3 is 0 Å². The second-order valence-corrected chi connectivity index (χ2v) is 16.1. The zero-order valence-corrected chi connectivity index (χ0v) is 26.7. The summed E-state index contributed by atoms with van der Waals surface area (Å²) in [6, 6.07) is 27.2. The third-order valence-corrected chi connectivity index (χ3v) is 8.51. The van der Waals surface area contributed by atoms with Gasteiger partial charge in [-0.25, -0.2) is 0 Å². The van der Waals surface area contributed by atoms with Crippen LogP contribution in [0.5, 0.6) is 0 Å². The van der Waals surface area contributed by atoms with E-state index in [1.54, 1.807) is 0 Å². The maximum Gasteiger partial charge on any atom is 0.261 e. The fourth-order valence-corrected chi connectivity index (χ4v) is 8.07. The van der Waals surface area contributed by atoms with Crippen LogP contribution in [0.25, 0.3) is 11.1 Å². The normalized spacial score (nSPS) is 11.3. The number of nitrogens with two attached hydrogens (primary N) is 1. The molecule has 0 aliphatic rings. The van der Waals surface area contributed by atoms with Gasteiger partial charge in [0.1, 0.15) is 0 Å². The minimum atomic E-state index is -3.67. The van der Waals surface area contributed by atoms with Gasteiger partial charge in [0.15, 0.2) is 0 Å². The molecule has 0 spiro atoms. The van der Waals surface area contributed by atoms with Crippen molar-refractivity contribution in [1.82, 2.24) is 0 Å². The Balaban J connectivity index is 0.000000596. The fourth-order valence-electron chi connectivity index (χ4n) is 4.06. The van der Waals surface area contributed by atoms with E-state index in [1.165, 1.54) is 16.6 Å². The number of para-hydroxylation sites is 1. The maximum absolute atomic E-state index is 9.19. The second kappa shape index (κ2) is 15.0. The standard InChI is InChI=1S/C16H28NP.C12H11N.CH4O3S.Pd/c1-15(2,3)18(16(4,5)6)14-11-9-13(10-12-14)17(7)8;13-12-9-5-4-8-11(12)10-6-2-1-3-7-10;1-5(2,3)4;/h9-12H,1-8H3;1-9H,13H2;1H3,(H,2,3,4);. The summed E-state index contributed by atoms with van der Waals surface area (Å²) in [6.45, 7) is 14.2. The van der Waals surface area contributed by atoms with Crippen LogP contribution < -0.4 is 15.9 Å². The summed E-state index contributed by atoms with van der Waals surface area (Å²) in [5.74, 6) is 0. The second-order valence-electron chi connectivity index (χ2n) is 10.8.